The number of halogens is 1. The summed E-state index contributed by atoms with van der Waals surface area (Å²) in [6, 6.07) is 8.24. The van der Waals surface area contributed by atoms with E-state index in [2.05, 4.69) is 38.2 Å². The zero-order valence-corrected chi connectivity index (χ0v) is 14.0. The van der Waals surface area contributed by atoms with Gasteiger partial charge in [0.15, 0.2) is 0 Å². The first-order chi connectivity index (χ1) is 9.42. The molecular formula is C17H28ClNO. The first kappa shape index (κ1) is 17.5. The van der Waals surface area contributed by atoms with Crippen LogP contribution in [0.3, 0.4) is 0 Å². The maximum absolute atomic E-state index is 6.12. The summed E-state index contributed by atoms with van der Waals surface area (Å²) in [4.78, 5) is 0. The third-order valence-corrected chi connectivity index (χ3v) is 3.59. The number of unbranched alkanes of at least 4 members (excludes halogenated alkanes) is 1. The predicted molar refractivity (Wildman–Crippen MR) is 87.7 cm³/mol. The fourth-order valence-corrected chi connectivity index (χ4v) is 2.41. The van der Waals surface area contributed by atoms with E-state index in [0.29, 0.717) is 5.92 Å². The van der Waals surface area contributed by atoms with Crippen LogP contribution in [0, 0.1) is 0 Å². The highest BCUT2D eigenvalue weighted by Crippen LogP contribution is 2.24. The van der Waals surface area contributed by atoms with Crippen molar-refractivity contribution in [2.24, 2.45) is 0 Å². The maximum atomic E-state index is 6.12. The van der Waals surface area contributed by atoms with Crippen molar-refractivity contribution >= 4 is 11.6 Å². The molecule has 2 nitrogen and oxygen atoms in total. The fourth-order valence-electron chi connectivity index (χ4n) is 2.21. The minimum absolute atomic E-state index is 0.142. The zero-order chi connectivity index (χ0) is 15.0. The summed E-state index contributed by atoms with van der Waals surface area (Å²) in [7, 11) is 1.76. The molecular weight excluding hydrogens is 270 g/mol. The van der Waals surface area contributed by atoms with Crippen LogP contribution >= 0.6 is 11.6 Å². The first-order valence-electron chi connectivity index (χ1n) is 7.42. The summed E-state index contributed by atoms with van der Waals surface area (Å²) in [6.07, 6.45) is 3.45. The molecule has 0 saturated carbocycles. The van der Waals surface area contributed by atoms with Crippen molar-refractivity contribution < 1.29 is 4.74 Å². The van der Waals surface area contributed by atoms with E-state index >= 15 is 0 Å². The Kier molecular flexibility index (Phi) is 7.57. The maximum Gasteiger partial charge on any atom is 0.0462 e. The van der Waals surface area contributed by atoms with Crippen molar-refractivity contribution in [1.82, 2.24) is 5.32 Å². The average Bonchev–Trinajstić information content (AvgIpc) is 2.36. The van der Waals surface area contributed by atoms with Crippen LogP contribution in [0.2, 0.25) is 5.02 Å². The van der Waals surface area contributed by atoms with E-state index in [1.54, 1.807) is 7.11 Å². The van der Waals surface area contributed by atoms with Crippen LogP contribution in [0.25, 0.3) is 0 Å². The van der Waals surface area contributed by atoms with Gasteiger partial charge in [0.05, 0.1) is 0 Å². The summed E-state index contributed by atoms with van der Waals surface area (Å²) in [5, 5.41) is 4.43. The Bertz CT molecular complexity index is 387. The number of methoxy groups -OCH3 is 1. The topological polar surface area (TPSA) is 21.3 Å². The largest absolute Gasteiger partial charge is 0.385 e. The van der Waals surface area contributed by atoms with Gasteiger partial charge in [-0.3, -0.25) is 0 Å². The molecule has 1 aromatic carbocycles. The highest BCUT2D eigenvalue weighted by molar-refractivity contribution is 6.30. The molecule has 0 spiro atoms. The summed E-state index contributed by atoms with van der Waals surface area (Å²) in [5.41, 5.74) is 1.47. The first-order valence-corrected chi connectivity index (χ1v) is 7.79. The minimum Gasteiger partial charge on any atom is -0.385 e. The Balaban J connectivity index is 2.63. The lowest BCUT2D eigenvalue weighted by atomic mass is 9.92. The van der Waals surface area contributed by atoms with Gasteiger partial charge in [0.1, 0.15) is 0 Å². The molecule has 0 saturated heterocycles. The van der Waals surface area contributed by atoms with Gasteiger partial charge in [-0.05, 0) is 57.2 Å². The van der Waals surface area contributed by atoms with Gasteiger partial charge in [-0.15, -0.1) is 0 Å². The monoisotopic (exact) mass is 297 g/mol. The lowest BCUT2D eigenvalue weighted by Crippen LogP contribution is -2.38. The van der Waals surface area contributed by atoms with Crippen molar-refractivity contribution in [2.75, 3.05) is 20.3 Å². The van der Waals surface area contributed by atoms with Gasteiger partial charge >= 0.3 is 0 Å². The van der Waals surface area contributed by atoms with Crippen molar-refractivity contribution in [3.05, 3.63) is 34.9 Å². The van der Waals surface area contributed by atoms with Gasteiger partial charge in [-0.25, -0.2) is 0 Å². The molecule has 0 aromatic heterocycles. The summed E-state index contributed by atoms with van der Waals surface area (Å²) in [5.74, 6) is 0.504. The number of ether oxygens (including phenoxy) is 1. The van der Waals surface area contributed by atoms with Crippen molar-refractivity contribution in [3.8, 4) is 0 Å². The summed E-state index contributed by atoms with van der Waals surface area (Å²) < 4.78 is 5.13. The second kappa shape index (κ2) is 8.66. The molecule has 0 bridgehead atoms. The Labute approximate surface area is 128 Å². The summed E-state index contributed by atoms with van der Waals surface area (Å²) in [6.45, 7) is 8.43. The van der Waals surface area contributed by atoms with Crippen molar-refractivity contribution in [3.63, 3.8) is 0 Å². The zero-order valence-electron chi connectivity index (χ0n) is 13.2. The Morgan fingerprint density at radius 1 is 1.25 bits per heavy atom. The molecule has 0 amide bonds. The third kappa shape index (κ3) is 7.28. The molecule has 3 heteroatoms. The molecule has 0 fully saturated rings. The molecule has 0 aliphatic carbocycles. The average molecular weight is 298 g/mol. The highest BCUT2D eigenvalue weighted by Gasteiger charge is 2.16. The van der Waals surface area contributed by atoms with E-state index in [1.165, 1.54) is 12.0 Å². The quantitative estimate of drug-likeness (QED) is 0.707. The van der Waals surface area contributed by atoms with Crippen LogP contribution < -0.4 is 5.32 Å². The van der Waals surface area contributed by atoms with Crippen molar-refractivity contribution in [2.45, 2.75) is 51.5 Å². The van der Waals surface area contributed by atoms with Crippen LogP contribution in [0.5, 0.6) is 0 Å². The highest BCUT2D eigenvalue weighted by atomic mass is 35.5. The van der Waals surface area contributed by atoms with Crippen LogP contribution in [0.1, 0.15) is 51.5 Å². The SMILES string of the molecule is COCCCCC(CNC(C)(C)C)c1cccc(Cl)c1. The number of benzene rings is 1. The molecule has 1 rings (SSSR count). The number of hydrogen-bond acceptors (Lipinski definition) is 2. The fraction of sp³-hybridized carbons (Fsp3) is 0.647. The Morgan fingerprint density at radius 3 is 2.60 bits per heavy atom. The van der Waals surface area contributed by atoms with E-state index in [1.807, 2.05) is 12.1 Å². The lowest BCUT2D eigenvalue weighted by Gasteiger charge is -2.26. The molecule has 1 unspecified atom stereocenters. The van der Waals surface area contributed by atoms with Gasteiger partial charge in [0.2, 0.25) is 0 Å². The van der Waals surface area contributed by atoms with Gasteiger partial charge < -0.3 is 10.1 Å². The van der Waals surface area contributed by atoms with E-state index in [9.17, 15) is 0 Å². The molecule has 1 aromatic rings. The van der Waals surface area contributed by atoms with Crippen LogP contribution in [0.15, 0.2) is 24.3 Å². The second-order valence-electron chi connectivity index (χ2n) is 6.37. The Hall–Kier alpha value is -0.570. The molecule has 0 heterocycles. The van der Waals surface area contributed by atoms with Gasteiger partial charge in [0.25, 0.3) is 0 Å². The van der Waals surface area contributed by atoms with Crippen LogP contribution in [0.4, 0.5) is 0 Å². The normalized spacial score (nSPS) is 13.4. The van der Waals surface area contributed by atoms with Gasteiger partial charge in [-0.1, -0.05) is 30.2 Å². The van der Waals surface area contributed by atoms with Crippen LogP contribution in [-0.2, 0) is 4.74 Å². The second-order valence-corrected chi connectivity index (χ2v) is 6.81. The van der Waals surface area contributed by atoms with E-state index in [-0.39, 0.29) is 5.54 Å². The number of rotatable bonds is 8. The lowest BCUT2D eigenvalue weighted by molar-refractivity contribution is 0.191. The number of hydrogen-bond donors (Lipinski definition) is 1. The molecule has 0 aliphatic heterocycles. The standard InChI is InChI=1S/C17H28ClNO/c1-17(2,3)19-13-15(8-5-6-11-20-4)14-9-7-10-16(18)12-14/h7,9-10,12,15,19H,5-6,8,11,13H2,1-4H3. The molecule has 114 valence electrons. The molecule has 1 N–H and O–H groups in total. The van der Waals surface area contributed by atoms with E-state index in [0.717, 1.165) is 31.0 Å². The molecule has 1 atom stereocenters. The van der Waals surface area contributed by atoms with E-state index < -0.39 is 0 Å². The van der Waals surface area contributed by atoms with Crippen LogP contribution in [-0.4, -0.2) is 25.8 Å². The minimum atomic E-state index is 0.142. The Morgan fingerprint density at radius 2 is 2.00 bits per heavy atom. The molecule has 0 aliphatic rings. The van der Waals surface area contributed by atoms with Crippen molar-refractivity contribution in [1.29, 1.82) is 0 Å². The summed E-state index contributed by atoms with van der Waals surface area (Å²) >= 11 is 6.12. The smallest absolute Gasteiger partial charge is 0.0462 e. The third-order valence-electron chi connectivity index (χ3n) is 3.35. The molecule has 0 radical (unpaired) electrons. The van der Waals surface area contributed by atoms with Gasteiger partial charge in [-0.2, -0.15) is 0 Å². The molecule has 20 heavy (non-hydrogen) atoms. The van der Waals surface area contributed by atoms with Gasteiger partial charge in [0, 0.05) is 30.8 Å². The van der Waals surface area contributed by atoms with E-state index in [4.69, 9.17) is 16.3 Å². The predicted octanol–water partition coefficient (Wildman–Crippen LogP) is 4.63. The number of nitrogens with one attached hydrogen (secondary N) is 1.